The summed E-state index contributed by atoms with van der Waals surface area (Å²) in [6, 6.07) is 0. The number of thiazole rings is 1. The molecule has 1 aromatic heterocycles. The van der Waals surface area contributed by atoms with E-state index in [9.17, 15) is 4.79 Å². The molecule has 5 heteroatoms. The summed E-state index contributed by atoms with van der Waals surface area (Å²) in [5.74, 6) is -0.381. The number of anilines is 1. The minimum absolute atomic E-state index is 0.235. The summed E-state index contributed by atoms with van der Waals surface area (Å²) in [4.78, 5) is 16.0. The smallest absolute Gasteiger partial charge is 0.303 e. The molecule has 0 saturated heterocycles. The number of nitrogens with zero attached hydrogens (tertiary/aromatic N) is 1. The molecule has 0 aliphatic rings. The van der Waals surface area contributed by atoms with Crippen LogP contribution in [0, 0.1) is 19.8 Å². The standard InChI is InChI=1S/C11H18N2O2S/c1-7(4-5-10(14)15)6-12-11-13-8(2)9(3)16-11/h7H,4-6H2,1-3H3,(H,12,13)(H,14,15). The Balaban J connectivity index is 2.31. The largest absolute Gasteiger partial charge is 0.481 e. The van der Waals surface area contributed by atoms with Gasteiger partial charge in [0.2, 0.25) is 0 Å². The van der Waals surface area contributed by atoms with Crippen molar-refractivity contribution in [2.24, 2.45) is 5.92 Å². The number of nitrogens with one attached hydrogen (secondary N) is 1. The molecule has 0 aliphatic carbocycles. The summed E-state index contributed by atoms with van der Waals surface area (Å²) in [5, 5.41) is 12.7. The Bertz CT molecular complexity index is 343. The minimum Gasteiger partial charge on any atom is -0.481 e. The van der Waals surface area contributed by atoms with Gasteiger partial charge in [-0.25, -0.2) is 4.98 Å². The highest BCUT2D eigenvalue weighted by atomic mass is 32.1. The van der Waals surface area contributed by atoms with Gasteiger partial charge in [0, 0.05) is 17.8 Å². The number of aliphatic carboxylic acids is 1. The van der Waals surface area contributed by atoms with Crippen LogP contribution in [0.2, 0.25) is 0 Å². The maximum absolute atomic E-state index is 10.4. The first-order valence-corrected chi connectivity index (χ1v) is 6.20. The first-order valence-electron chi connectivity index (χ1n) is 5.38. The van der Waals surface area contributed by atoms with Crippen molar-refractivity contribution in [2.75, 3.05) is 11.9 Å². The summed E-state index contributed by atoms with van der Waals surface area (Å²) >= 11 is 1.64. The summed E-state index contributed by atoms with van der Waals surface area (Å²) in [6.45, 7) is 6.86. The lowest BCUT2D eigenvalue weighted by atomic mass is 10.1. The van der Waals surface area contributed by atoms with Crippen LogP contribution in [0.4, 0.5) is 5.13 Å². The molecule has 4 nitrogen and oxygen atoms in total. The van der Waals surface area contributed by atoms with E-state index >= 15 is 0 Å². The van der Waals surface area contributed by atoms with E-state index in [2.05, 4.69) is 10.3 Å². The van der Waals surface area contributed by atoms with E-state index in [0.717, 1.165) is 17.4 Å². The first kappa shape index (κ1) is 13.0. The second-order valence-electron chi connectivity index (χ2n) is 4.08. The fourth-order valence-corrected chi connectivity index (χ4v) is 2.10. The second-order valence-corrected chi connectivity index (χ2v) is 5.28. The van der Waals surface area contributed by atoms with Crippen molar-refractivity contribution in [3.63, 3.8) is 0 Å². The Hall–Kier alpha value is -1.10. The number of aromatic nitrogens is 1. The molecule has 0 radical (unpaired) electrons. The number of aryl methyl sites for hydroxylation is 2. The monoisotopic (exact) mass is 242 g/mol. The van der Waals surface area contributed by atoms with Gasteiger partial charge in [-0.05, 0) is 26.2 Å². The minimum atomic E-state index is -0.729. The highest BCUT2D eigenvalue weighted by Crippen LogP contribution is 2.21. The van der Waals surface area contributed by atoms with Crippen molar-refractivity contribution >= 4 is 22.4 Å². The molecule has 1 heterocycles. The molecule has 2 N–H and O–H groups in total. The number of hydrogen-bond acceptors (Lipinski definition) is 4. The number of hydrogen-bond donors (Lipinski definition) is 2. The van der Waals surface area contributed by atoms with Crippen LogP contribution in [0.25, 0.3) is 0 Å². The summed E-state index contributed by atoms with van der Waals surface area (Å²) < 4.78 is 0. The zero-order valence-corrected chi connectivity index (χ0v) is 10.7. The van der Waals surface area contributed by atoms with Crippen LogP contribution in [0.1, 0.15) is 30.3 Å². The lowest BCUT2D eigenvalue weighted by Crippen LogP contribution is -2.12. The van der Waals surface area contributed by atoms with Crippen molar-refractivity contribution in [3.8, 4) is 0 Å². The molecule has 1 unspecified atom stereocenters. The predicted molar refractivity (Wildman–Crippen MR) is 66.1 cm³/mol. The van der Waals surface area contributed by atoms with Crippen molar-refractivity contribution < 1.29 is 9.90 Å². The number of carbonyl (C=O) groups is 1. The molecule has 0 amide bonds. The molecule has 1 rings (SSSR count). The van der Waals surface area contributed by atoms with Crippen molar-refractivity contribution in [1.82, 2.24) is 4.98 Å². The van der Waals surface area contributed by atoms with Crippen LogP contribution in [-0.2, 0) is 4.79 Å². The lowest BCUT2D eigenvalue weighted by Gasteiger charge is -2.10. The van der Waals surface area contributed by atoms with Crippen molar-refractivity contribution in [2.45, 2.75) is 33.6 Å². The van der Waals surface area contributed by atoms with E-state index in [1.807, 2.05) is 20.8 Å². The van der Waals surface area contributed by atoms with Gasteiger partial charge in [0.15, 0.2) is 5.13 Å². The van der Waals surface area contributed by atoms with Crippen LogP contribution in [-0.4, -0.2) is 22.6 Å². The third kappa shape index (κ3) is 4.18. The Kier molecular flexibility index (Phi) is 4.73. The number of carboxylic acids is 1. The molecule has 90 valence electrons. The van der Waals surface area contributed by atoms with E-state index in [1.165, 1.54) is 4.88 Å². The van der Waals surface area contributed by atoms with Crippen molar-refractivity contribution in [3.05, 3.63) is 10.6 Å². The van der Waals surface area contributed by atoms with Gasteiger partial charge in [-0.1, -0.05) is 6.92 Å². The molecule has 0 aliphatic heterocycles. The molecule has 0 fully saturated rings. The fourth-order valence-electron chi connectivity index (χ4n) is 1.28. The summed E-state index contributed by atoms with van der Waals surface area (Å²) in [7, 11) is 0. The first-order chi connectivity index (χ1) is 7.49. The Labute approximate surface area is 99.7 Å². The predicted octanol–water partition coefficient (Wildman–Crippen LogP) is 2.67. The SMILES string of the molecule is Cc1nc(NCC(C)CCC(=O)O)sc1C. The Morgan fingerprint density at radius 2 is 2.25 bits per heavy atom. The highest BCUT2D eigenvalue weighted by molar-refractivity contribution is 7.15. The quantitative estimate of drug-likeness (QED) is 0.805. The fraction of sp³-hybridized carbons (Fsp3) is 0.636. The van der Waals surface area contributed by atoms with Gasteiger partial charge in [0.25, 0.3) is 0 Å². The molecule has 16 heavy (non-hydrogen) atoms. The Morgan fingerprint density at radius 1 is 1.56 bits per heavy atom. The third-order valence-corrected chi connectivity index (χ3v) is 3.51. The van der Waals surface area contributed by atoms with E-state index in [4.69, 9.17) is 5.11 Å². The molecular formula is C11H18N2O2S. The average molecular weight is 242 g/mol. The maximum atomic E-state index is 10.4. The maximum Gasteiger partial charge on any atom is 0.303 e. The zero-order valence-electron chi connectivity index (χ0n) is 9.91. The molecular weight excluding hydrogens is 224 g/mol. The third-order valence-electron chi connectivity index (χ3n) is 2.48. The Morgan fingerprint density at radius 3 is 2.75 bits per heavy atom. The number of rotatable bonds is 6. The van der Waals surface area contributed by atoms with Gasteiger partial charge in [-0.3, -0.25) is 4.79 Å². The molecule has 1 aromatic rings. The van der Waals surface area contributed by atoms with Crippen LogP contribution >= 0.6 is 11.3 Å². The van der Waals surface area contributed by atoms with E-state index in [1.54, 1.807) is 11.3 Å². The van der Waals surface area contributed by atoms with Gasteiger partial charge in [-0.15, -0.1) is 11.3 Å². The van der Waals surface area contributed by atoms with E-state index < -0.39 is 5.97 Å². The van der Waals surface area contributed by atoms with Crippen LogP contribution in [0.5, 0.6) is 0 Å². The van der Waals surface area contributed by atoms with Crippen molar-refractivity contribution in [1.29, 1.82) is 0 Å². The summed E-state index contributed by atoms with van der Waals surface area (Å²) in [5.41, 5.74) is 1.06. The van der Waals surface area contributed by atoms with Crippen LogP contribution < -0.4 is 5.32 Å². The van der Waals surface area contributed by atoms with Gasteiger partial charge in [-0.2, -0.15) is 0 Å². The van der Waals surface area contributed by atoms with Gasteiger partial charge in [0.1, 0.15) is 0 Å². The molecule has 0 bridgehead atoms. The average Bonchev–Trinajstić information content (AvgIpc) is 2.52. The van der Waals surface area contributed by atoms with Gasteiger partial charge >= 0.3 is 5.97 Å². The topological polar surface area (TPSA) is 62.2 Å². The van der Waals surface area contributed by atoms with Gasteiger partial charge < -0.3 is 10.4 Å². The van der Waals surface area contributed by atoms with Gasteiger partial charge in [0.05, 0.1) is 5.69 Å². The lowest BCUT2D eigenvalue weighted by molar-refractivity contribution is -0.137. The number of carboxylic acid groups (broad SMARTS) is 1. The zero-order chi connectivity index (χ0) is 12.1. The normalized spacial score (nSPS) is 12.4. The molecule has 0 spiro atoms. The van der Waals surface area contributed by atoms with E-state index in [0.29, 0.717) is 12.3 Å². The summed E-state index contributed by atoms with van der Waals surface area (Å²) in [6.07, 6.45) is 0.935. The molecule has 1 atom stereocenters. The highest BCUT2D eigenvalue weighted by Gasteiger charge is 2.07. The van der Waals surface area contributed by atoms with Crippen LogP contribution in [0.3, 0.4) is 0 Å². The van der Waals surface area contributed by atoms with Crippen LogP contribution in [0.15, 0.2) is 0 Å². The molecule has 0 saturated carbocycles. The van der Waals surface area contributed by atoms with E-state index in [-0.39, 0.29) is 6.42 Å². The molecule has 0 aromatic carbocycles. The second kappa shape index (κ2) is 5.84.